The highest BCUT2D eigenvalue weighted by Gasteiger charge is 2.08. The quantitative estimate of drug-likeness (QED) is 0.458. The number of aromatic nitrogens is 2. The van der Waals surface area contributed by atoms with Crippen LogP contribution in [0.2, 0.25) is 0 Å². The molecule has 152 valence electrons. The van der Waals surface area contributed by atoms with Gasteiger partial charge in [0.2, 0.25) is 0 Å². The van der Waals surface area contributed by atoms with Crippen molar-refractivity contribution >= 4 is 28.4 Å². The van der Waals surface area contributed by atoms with E-state index in [0.717, 1.165) is 52.2 Å². The first-order chi connectivity index (χ1) is 14.5. The van der Waals surface area contributed by atoms with Crippen LogP contribution in [0.3, 0.4) is 0 Å². The predicted molar refractivity (Wildman–Crippen MR) is 123 cm³/mol. The predicted octanol–water partition coefficient (Wildman–Crippen LogP) is 5.62. The van der Waals surface area contributed by atoms with Crippen LogP contribution < -0.4 is 10.6 Å². The maximum absolute atomic E-state index is 12.4. The van der Waals surface area contributed by atoms with Crippen LogP contribution in [0.25, 0.3) is 11.0 Å². The molecule has 0 fully saturated rings. The lowest BCUT2D eigenvalue weighted by atomic mass is 10.1. The molecule has 30 heavy (non-hydrogen) atoms. The fourth-order valence-corrected chi connectivity index (χ4v) is 3.59. The Morgan fingerprint density at radius 3 is 2.40 bits per heavy atom. The molecule has 0 aliphatic carbocycles. The Hall–Kier alpha value is -3.60. The zero-order valence-electron chi connectivity index (χ0n) is 17.6. The van der Waals surface area contributed by atoms with Crippen molar-refractivity contribution in [3.63, 3.8) is 0 Å². The highest BCUT2D eigenvalue weighted by atomic mass is 16.2. The number of anilines is 2. The number of aryl methyl sites for hydroxylation is 5. The number of carbonyl (C=O) groups is 1. The van der Waals surface area contributed by atoms with E-state index in [1.807, 2.05) is 61.5 Å². The third-order valence-corrected chi connectivity index (χ3v) is 5.47. The Morgan fingerprint density at radius 1 is 0.867 bits per heavy atom. The first-order valence-corrected chi connectivity index (χ1v) is 10.1. The van der Waals surface area contributed by atoms with Gasteiger partial charge in [0, 0.05) is 24.8 Å². The summed E-state index contributed by atoms with van der Waals surface area (Å²) in [5.41, 5.74) is 7.24. The Kier molecular flexibility index (Phi) is 5.53. The van der Waals surface area contributed by atoms with Crippen molar-refractivity contribution < 1.29 is 4.79 Å². The van der Waals surface area contributed by atoms with E-state index in [2.05, 4.69) is 41.3 Å². The molecule has 1 aromatic heterocycles. The number of fused-ring (bicyclic) bond motifs is 1. The van der Waals surface area contributed by atoms with Crippen LogP contribution in [-0.4, -0.2) is 15.6 Å². The minimum absolute atomic E-state index is 0.245. The fourth-order valence-electron chi connectivity index (χ4n) is 3.59. The number of rotatable bonds is 5. The van der Waals surface area contributed by atoms with Crippen LogP contribution in [0.15, 0.2) is 66.7 Å². The maximum Gasteiger partial charge on any atom is 0.323 e. The lowest BCUT2D eigenvalue weighted by Crippen LogP contribution is -2.19. The van der Waals surface area contributed by atoms with E-state index in [0.29, 0.717) is 0 Å². The van der Waals surface area contributed by atoms with Gasteiger partial charge in [-0.2, -0.15) is 0 Å². The SMILES string of the molecule is Cc1ccc(NC(=O)Nc2cccc(CCc3nc4ccccc4n3C)c2)cc1C. The average Bonchev–Trinajstić information content (AvgIpc) is 3.05. The van der Waals surface area contributed by atoms with Crippen LogP contribution in [-0.2, 0) is 19.9 Å². The summed E-state index contributed by atoms with van der Waals surface area (Å²) in [4.78, 5) is 17.1. The zero-order chi connectivity index (χ0) is 21.1. The molecule has 0 saturated heterocycles. The first-order valence-electron chi connectivity index (χ1n) is 10.1. The van der Waals surface area contributed by atoms with E-state index >= 15 is 0 Å². The second-order valence-corrected chi connectivity index (χ2v) is 7.65. The average molecular weight is 399 g/mol. The largest absolute Gasteiger partial charge is 0.331 e. The molecule has 0 aliphatic rings. The van der Waals surface area contributed by atoms with Gasteiger partial charge < -0.3 is 15.2 Å². The topological polar surface area (TPSA) is 59.0 Å². The van der Waals surface area contributed by atoms with Crippen molar-refractivity contribution in [2.45, 2.75) is 26.7 Å². The zero-order valence-corrected chi connectivity index (χ0v) is 17.6. The van der Waals surface area contributed by atoms with E-state index < -0.39 is 0 Å². The molecule has 0 radical (unpaired) electrons. The number of benzene rings is 3. The lowest BCUT2D eigenvalue weighted by Gasteiger charge is -2.10. The normalized spacial score (nSPS) is 10.9. The minimum Gasteiger partial charge on any atom is -0.331 e. The van der Waals surface area contributed by atoms with E-state index in [9.17, 15) is 4.79 Å². The number of urea groups is 1. The Balaban J connectivity index is 1.40. The van der Waals surface area contributed by atoms with Gasteiger partial charge >= 0.3 is 6.03 Å². The van der Waals surface area contributed by atoms with Crippen LogP contribution in [0.4, 0.5) is 16.2 Å². The van der Waals surface area contributed by atoms with E-state index in [4.69, 9.17) is 4.98 Å². The number of carbonyl (C=O) groups excluding carboxylic acids is 1. The molecule has 0 unspecified atom stereocenters. The van der Waals surface area contributed by atoms with Crippen molar-refractivity contribution in [3.05, 3.63) is 89.2 Å². The molecule has 2 amide bonds. The summed E-state index contributed by atoms with van der Waals surface area (Å²) in [6, 6.07) is 21.8. The molecule has 5 heteroatoms. The molecule has 0 atom stereocenters. The van der Waals surface area contributed by atoms with Crippen molar-refractivity contribution in [1.29, 1.82) is 0 Å². The third-order valence-electron chi connectivity index (χ3n) is 5.47. The van der Waals surface area contributed by atoms with Crippen molar-refractivity contribution in [3.8, 4) is 0 Å². The van der Waals surface area contributed by atoms with Gasteiger partial charge in [0.05, 0.1) is 11.0 Å². The van der Waals surface area contributed by atoms with E-state index in [-0.39, 0.29) is 6.03 Å². The number of para-hydroxylation sites is 2. The first kappa shape index (κ1) is 19.7. The Labute approximate surface area is 176 Å². The summed E-state index contributed by atoms with van der Waals surface area (Å²) >= 11 is 0. The summed E-state index contributed by atoms with van der Waals surface area (Å²) in [6.45, 7) is 4.09. The second-order valence-electron chi connectivity index (χ2n) is 7.65. The van der Waals surface area contributed by atoms with Crippen LogP contribution in [0.1, 0.15) is 22.5 Å². The highest BCUT2D eigenvalue weighted by Crippen LogP contribution is 2.18. The van der Waals surface area contributed by atoms with Gasteiger partial charge in [0.25, 0.3) is 0 Å². The molecule has 0 bridgehead atoms. The van der Waals surface area contributed by atoms with Crippen LogP contribution >= 0.6 is 0 Å². The Morgan fingerprint density at radius 2 is 1.63 bits per heavy atom. The Bertz CT molecular complexity index is 1210. The molecular weight excluding hydrogens is 372 g/mol. The highest BCUT2D eigenvalue weighted by molar-refractivity contribution is 5.99. The summed E-state index contributed by atoms with van der Waals surface area (Å²) in [5, 5.41) is 5.82. The molecule has 0 spiro atoms. The van der Waals surface area contributed by atoms with Gasteiger partial charge in [0.1, 0.15) is 5.82 Å². The second kappa shape index (κ2) is 8.41. The van der Waals surface area contributed by atoms with Crippen molar-refractivity contribution in [2.24, 2.45) is 7.05 Å². The van der Waals surface area contributed by atoms with Crippen LogP contribution in [0, 0.1) is 13.8 Å². The number of amides is 2. The molecule has 0 saturated carbocycles. The molecular formula is C25H26N4O. The van der Waals surface area contributed by atoms with Gasteiger partial charge in [-0.25, -0.2) is 9.78 Å². The number of nitrogens with one attached hydrogen (secondary N) is 2. The molecule has 3 aromatic carbocycles. The summed E-state index contributed by atoms with van der Waals surface area (Å²) in [5.74, 6) is 1.06. The molecule has 5 nitrogen and oxygen atoms in total. The lowest BCUT2D eigenvalue weighted by molar-refractivity contribution is 0.262. The third kappa shape index (κ3) is 4.35. The summed E-state index contributed by atoms with van der Waals surface area (Å²) in [6.07, 6.45) is 1.69. The van der Waals surface area contributed by atoms with Gasteiger partial charge in [0.15, 0.2) is 0 Å². The minimum atomic E-state index is -0.245. The van der Waals surface area contributed by atoms with E-state index in [1.165, 1.54) is 5.56 Å². The molecule has 1 heterocycles. The van der Waals surface area contributed by atoms with E-state index in [1.54, 1.807) is 0 Å². The van der Waals surface area contributed by atoms with Crippen molar-refractivity contribution in [1.82, 2.24) is 9.55 Å². The van der Waals surface area contributed by atoms with Gasteiger partial charge in [-0.15, -0.1) is 0 Å². The van der Waals surface area contributed by atoms with Gasteiger partial charge in [-0.1, -0.05) is 30.3 Å². The standard InChI is InChI=1S/C25H26N4O/c1-17-11-13-21(15-18(17)2)27-25(30)26-20-8-6-7-19(16-20)12-14-24-28-22-9-4-5-10-23(22)29(24)3/h4-11,13,15-16H,12,14H2,1-3H3,(H2,26,27,30). The number of nitrogens with zero attached hydrogens (tertiary/aromatic N) is 2. The van der Waals surface area contributed by atoms with Crippen molar-refractivity contribution in [2.75, 3.05) is 10.6 Å². The molecule has 0 aliphatic heterocycles. The van der Waals surface area contributed by atoms with Crippen LogP contribution in [0.5, 0.6) is 0 Å². The maximum atomic E-state index is 12.4. The number of hydrogen-bond acceptors (Lipinski definition) is 2. The fraction of sp³-hybridized carbons (Fsp3) is 0.200. The summed E-state index contributed by atoms with van der Waals surface area (Å²) in [7, 11) is 2.06. The number of hydrogen-bond donors (Lipinski definition) is 2. The molecule has 2 N–H and O–H groups in total. The summed E-state index contributed by atoms with van der Waals surface area (Å²) < 4.78 is 2.15. The number of imidazole rings is 1. The van der Waals surface area contributed by atoms with Gasteiger partial charge in [-0.05, 0) is 73.4 Å². The van der Waals surface area contributed by atoms with Gasteiger partial charge in [-0.3, -0.25) is 0 Å². The molecule has 4 aromatic rings. The monoisotopic (exact) mass is 398 g/mol. The smallest absolute Gasteiger partial charge is 0.323 e. The molecule has 4 rings (SSSR count).